The van der Waals surface area contributed by atoms with Crippen LogP contribution in [0.15, 0.2) is 47.3 Å². The maximum atomic E-state index is 13.9. The molecule has 2 amide bonds. The Morgan fingerprint density at radius 2 is 1.70 bits per heavy atom. The molecule has 5 rings (SSSR count). The van der Waals surface area contributed by atoms with Gasteiger partial charge in [-0.3, -0.25) is 14.4 Å². The maximum absolute atomic E-state index is 13.9. The zero-order valence-corrected chi connectivity index (χ0v) is 28.2. The highest BCUT2D eigenvalue weighted by Gasteiger charge is 2.30. The highest BCUT2D eigenvalue weighted by Crippen LogP contribution is 2.50. The molecule has 1 aliphatic rings. The van der Waals surface area contributed by atoms with Gasteiger partial charge in [-0.25, -0.2) is 4.98 Å². The number of anilines is 2. The number of rotatable bonds is 10. The molecule has 2 unspecified atom stereocenters. The number of nitrogens with zero attached hydrogens (tertiary/aromatic N) is 1. The van der Waals surface area contributed by atoms with Gasteiger partial charge in [0.15, 0.2) is 11.5 Å². The summed E-state index contributed by atoms with van der Waals surface area (Å²) < 4.78 is 17.2. The van der Waals surface area contributed by atoms with Crippen molar-refractivity contribution in [3.8, 4) is 28.4 Å². The molecule has 47 heavy (non-hydrogen) atoms. The zero-order chi connectivity index (χ0) is 34.0. The van der Waals surface area contributed by atoms with Crippen molar-refractivity contribution in [2.75, 3.05) is 32.0 Å². The number of fused-ring (bicyclic) bond motifs is 4. The van der Waals surface area contributed by atoms with Gasteiger partial charge in [0.25, 0.3) is 0 Å². The average Bonchev–Trinajstić information content (AvgIpc) is 3.33. The van der Waals surface area contributed by atoms with E-state index in [4.69, 9.17) is 14.2 Å². The summed E-state index contributed by atoms with van der Waals surface area (Å²) in [4.78, 5) is 47.8. The number of imidazole rings is 1. The van der Waals surface area contributed by atoms with Crippen molar-refractivity contribution in [2.24, 2.45) is 5.92 Å². The van der Waals surface area contributed by atoms with E-state index < -0.39 is 12.1 Å². The third kappa shape index (κ3) is 6.74. The van der Waals surface area contributed by atoms with Crippen molar-refractivity contribution in [2.45, 2.75) is 65.5 Å². The average molecular weight is 642 g/mol. The number of carbonyl (C=O) groups excluding carboxylic acids is 2. The molecule has 1 aliphatic carbocycles. The minimum Gasteiger partial charge on any atom is -0.493 e. The summed E-state index contributed by atoms with van der Waals surface area (Å²) in [5.41, 5.74) is 5.23. The summed E-state index contributed by atoms with van der Waals surface area (Å²) in [6, 6.07) is 11.3. The van der Waals surface area contributed by atoms with E-state index in [-0.39, 0.29) is 34.8 Å². The molecule has 0 saturated heterocycles. The Kier molecular flexibility index (Phi) is 9.74. The number of nitrogens with one attached hydrogen (secondary N) is 4. The zero-order valence-electron chi connectivity index (χ0n) is 28.2. The van der Waals surface area contributed by atoms with E-state index in [0.717, 1.165) is 28.0 Å². The lowest BCUT2D eigenvalue weighted by Crippen LogP contribution is -2.39. The standard InChI is InChI=1S/C36H43N5O6/c1-18(2)32(36(44)38-22-10-13-26-28(16-22)41-35(40-26)19(3)4)39-27-14-11-23-24(17-29(27)43)25(37-20(5)42)12-9-21-15-30(45-6)33(46-7)34(47-8)31(21)23/h10-11,13-19,25,32H,9,12H2,1-8H3,(H,37,42)(H,38,44)(H,39,43)(H,40,41). The first kappa shape index (κ1) is 33.3. The van der Waals surface area contributed by atoms with E-state index >= 15 is 0 Å². The second kappa shape index (κ2) is 13.7. The summed E-state index contributed by atoms with van der Waals surface area (Å²) in [6.07, 6.45) is 1.13. The van der Waals surface area contributed by atoms with Crippen molar-refractivity contribution in [3.63, 3.8) is 0 Å². The van der Waals surface area contributed by atoms with Gasteiger partial charge >= 0.3 is 0 Å². The van der Waals surface area contributed by atoms with E-state index in [1.807, 2.05) is 44.2 Å². The summed E-state index contributed by atoms with van der Waals surface area (Å²) in [7, 11) is 4.66. The molecule has 4 aromatic rings. The first-order valence-corrected chi connectivity index (χ1v) is 15.8. The second-order valence-electron chi connectivity index (χ2n) is 12.5. The van der Waals surface area contributed by atoms with Gasteiger partial charge in [-0.05, 0) is 71.8 Å². The molecule has 0 spiro atoms. The predicted octanol–water partition coefficient (Wildman–Crippen LogP) is 5.94. The third-order valence-corrected chi connectivity index (χ3v) is 8.49. The normalized spacial score (nSPS) is 14.6. The highest BCUT2D eigenvalue weighted by atomic mass is 16.5. The van der Waals surface area contributed by atoms with Crippen LogP contribution in [0.3, 0.4) is 0 Å². The van der Waals surface area contributed by atoms with Gasteiger partial charge < -0.3 is 35.1 Å². The highest BCUT2D eigenvalue weighted by molar-refractivity contribution is 5.98. The number of carbonyl (C=O) groups is 2. The van der Waals surface area contributed by atoms with Gasteiger partial charge in [0.05, 0.1) is 44.1 Å². The maximum Gasteiger partial charge on any atom is 0.247 e. The lowest BCUT2D eigenvalue weighted by molar-refractivity contribution is -0.120. The van der Waals surface area contributed by atoms with Crippen LogP contribution in [0, 0.1) is 5.92 Å². The van der Waals surface area contributed by atoms with E-state index in [0.29, 0.717) is 46.9 Å². The Morgan fingerprint density at radius 1 is 0.957 bits per heavy atom. The lowest BCUT2D eigenvalue weighted by Gasteiger charge is -2.22. The molecule has 0 bridgehead atoms. The van der Waals surface area contributed by atoms with E-state index in [2.05, 4.69) is 39.8 Å². The Labute approximate surface area is 274 Å². The largest absolute Gasteiger partial charge is 0.493 e. The van der Waals surface area contributed by atoms with Crippen LogP contribution in [0.2, 0.25) is 0 Å². The molecule has 1 aromatic heterocycles. The molecule has 0 radical (unpaired) electrons. The number of hydrogen-bond donors (Lipinski definition) is 4. The lowest BCUT2D eigenvalue weighted by atomic mass is 9.95. The molecule has 11 nitrogen and oxygen atoms in total. The number of methoxy groups -OCH3 is 3. The van der Waals surface area contributed by atoms with E-state index in [1.54, 1.807) is 27.4 Å². The molecule has 248 valence electrons. The fraction of sp³-hybridized carbons (Fsp3) is 0.389. The molecule has 3 aromatic carbocycles. The van der Waals surface area contributed by atoms with Gasteiger partial charge in [-0.15, -0.1) is 0 Å². The Hall–Kier alpha value is -5.06. The molecule has 0 saturated carbocycles. The van der Waals surface area contributed by atoms with E-state index in [9.17, 15) is 14.4 Å². The monoisotopic (exact) mass is 641 g/mol. The van der Waals surface area contributed by atoms with Crippen LogP contribution in [-0.2, 0) is 16.0 Å². The van der Waals surface area contributed by atoms with Crippen LogP contribution in [0.5, 0.6) is 17.2 Å². The Morgan fingerprint density at radius 3 is 2.34 bits per heavy atom. The number of ether oxygens (including phenoxy) is 3. The van der Waals surface area contributed by atoms with Gasteiger partial charge in [0, 0.05) is 24.1 Å². The van der Waals surface area contributed by atoms with Gasteiger partial charge in [-0.2, -0.15) is 0 Å². The fourth-order valence-corrected chi connectivity index (χ4v) is 6.13. The SMILES string of the molecule is COc1cc2c(c(OC)c1OC)-c1ccc(NC(C(=O)Nc3ccc4nc(C(C)C)[nH]c4c3)C(C)C)c(=O)cc1C(NC(C)=O)CC2. The van der Waals surface area contributed by atoms with Crippen LogP contribution < -0.4 is 35.6 Å². The Bertz CT molecular complexity index is 1880. The molecule has 11 heteroatoms. The van der Waals surface area contributed by atoms with Crippen molar-refractivity contribution in [3.05, 3.63) is 69.6 Å². The van der Waals surface area contributed by atoms with Crippen molar-refractivity contribution >= 4 is 34.2 Å². The smallest absolute Gasteiger partial charge is 0.247 e. The first-order valence-electron chi connectivity index (χ1n) is 15.8. The topological polar surface area (TPSA) is 144 Å². The number of amides is 2. The van der Waals surface area contributed by atoms with Gasteiger partial charge in [0.2, 0.25) is 23.0 Å². The van der Waals surface area contributed by atoms with Crippen LogP contribution in [0.4, 0.5) is 11.4 Å². The van der Waals surface area contributed by atoms with Crippen LogP contribution in [0.25, 0.3) is 22.2 Å². The third-order valence-electron chi connectivity index (χ3n) is 8.49. The quantitative estimate of drug-likeness (QED) is 0.167. The van der Waals surface area contributed by atoms with Gasteiger partial charge in [0.1, 0.15) is 11.9 Å². The molecule has 4 N–H and O–H groups in total. The molecule has 0 aliphatic heterocycles. The number of H-pyrrole nitrogens is 1. The predicted molar refractivity (Wildman–Crippen MR) is 184 cm³/mol. The number of aromatic nitrogens is 2. The second-order valence-corrected chi connectivity index (χ2v) is 12.5. The summed E-state index contributed by atoms with van der Waals surface area (Å²) in [5.74, 6) is 1.88. The minimum atomic E-state index is -0.731. The molecule has 2 atom stereocenters. The number of benzene rings is 2. The van der Waals surface area contributed by atoms with Gasteiger partial charge in [-0.1, -0.05) is 33.8 Å². The molecular weight excluding hydrogens is 598 g/mol. The number of aryl methyl sites for hydroxylation is 1. The fourth-order valence-electron chi connectivity index (χ4n) is 6.13. The van der Waals surface area contributed by atoms with Crippen molar-refractivity contribution < 1.29 is 23.8 Å². The molecule has 0 fully saturated rings. The number of hydrogen-bond acceptors (Lipinski definition) is 8. The summed E-state index contributed by atoms with van der Waals surface area (Å²) >= 11 is 0. The molecule has 1 heterocycles. The minimum absolute atomic E-state index is 0.161. The van der Waals surface area contributed by atoms with E-state index in [1.165, 1.54) is 13.0 Å². The molecular formula is C36H43N5O6. The first-order chi connectivity index (χ1) is 22.4. The number of aromatic amines is 1. The van der Waals surface area contributed by atoms with Crippen molar-refractivity contribution in [1.82, 2.24) is 15.3 Å². The van der Waals surface area contributed by atoms with Crippen LogP contribution in [-0.4, -0.2) is 49.2 Å². The van der Waals surface area contributed by atoms with Crippen molar-refractivity contribution in [1.29, 1.82) is 0 Å². The summed E-state index contributed by atoms with van der Waals surface area (Å²) in [6.45, 7) is 9.42. The Balaban J connectivity index is 1.55. The van der Waals surface area contributed by atoms with Crippen LogP contribution >= 0.6 is 0 Å². The van der Waals surface area contributed by atoms with Crippen LogP contribution in [0.1, 0.15) is 70.0 Å². The summed E-state index contributed by atoms with van der Waals surface area (Å²) in [5, 5.41) is 9.25.